The van der Waals surface area contributed by atoms with Crippen molar-refractivity contribution < 1.29 is 18.4 Å². The van der Waals surface area contributed by atoms with Gasteiger partial charge in [-0.3, -0.25) is 14.3 Å². The van der Waals surface area contributed by atoms with Gasteiger partial charge in [0.15, 0.2) is 0 Å². The highest BCUT2D eigenvalue weighted by molar-refractivity contribution is 7.93. The molecule has 1 unspecified atom stereocenters. The maximum Gasteiger partial charge on any atom is 0.265 e. The molecule has 2 N–H and O–H groups in total. The van der Waals surface area contributed by atoms with Crippen LogP contribution < -0.4 is 9.79 Å². The second-order valence-corrected chi connectivity index (χ2v) is 7.82. The summed E-state index contributed by atoms with van der Waals surface area (Å²) in [6, 6.07) is 10.2. The van der Waals surface area contributed by atoms with E-state index >= 15 is 0 Å². The standard InChI is InChI=1S/C15H12Cl2N2O4S/c16-9-6-11(17)15-12(8-14(20)18-21)19(10-4-2-1-3-5-10)24(22,23)13(15)7-9/h1-7,12,21H,8H2,(H,18,20). The summed E-state index contributed by atoms with van der Waals surface area (Å²) in [6.07, 6.45) is -0.293. The highest BCUT2D eigenvalue weighted by atomic mass is 35.5. The Morgan fingerprint density at radius 2 is 1.88 bits per heavy atom. The van der Waals surface area contributed by atoms with Crippen molar-refractivity contribution in [2.75, 3.05) is 4.31 Å². The number of benzene rings is 2. The molecule has 6 nitrogen and oxygen atoms in total. The monoisotopic (exact) mass is 386 g/mol. The number of halogens is 2. The highest BCUT2D eigenvalue weighted by Gasteiger charge is 2.45. The van der Waals surface area contributed by atoms with Gasteiger partial charge in [-0.1, -0.05) is 41.4 Å². The zero-order valence-corrected chi connectivity index (χ0v) is 14.4. The zero-order valence-electron chi connectivity index (χ0n) is 12.1. The number of anilines is 1. The minimum atomic E-state index is -3.94. The fourth-order valence-corrected chi connectivity index (χ4v) is 5.45. The van der Waals surface area contributed by atoms with Gasteiger partial charge >= 0.3 is 0 Å². The summed E-state index contributed by atoms with van der Waals surface area (Å²) >= 11 is 12.2. The maximum atomic E-state index is 13.0. The van der Waals surface area contributed by atoms with Crippen molar-refractivity contribution in [2.45, 2.75) is 17.4 Å². The predicted molar refractivity (Wildman–Crippen MR) is 89.9 cm³/mol. The van der Waals surface area contributed by atoms with Gasteiger partial charge in [-0.25, -0.2) is 13.9 Å². The van der Waals surface area contributed by atoms with Crippen LogP contribution in [0.4, 0.5) is 5.69 Å². The van der Waals surface area contributed by atoms with E-state index in [0.29, 0.717) is 5.69 Å². The lowest BCUT2D eigenvalue weighted by molar-refractivity contribution is -0.129. The summed E-state index contributed by atoms with van der Waals surface area (Å²) in [5.41, 5.74) is 2.19. The van der Waals surface area contributed by atoms with Crippen LogP contribution in [0, 0.1) is 0 Å². The lowest BCUT2D eigenvalue weighted by Crippen LogP contribution is -2.32. The summed E-state index contributed by atoms with van der Waals surface area (Å²) in [6.45, 7) is 0. The molecule has 126 valence electrons. The molecule has 0 saturated carbocycles. The van der Waals surface area contributed by atoms with Crippen LogP contribution >= 0.6 is 23.2 Å². The van der Waals surface area contributed by atoms with Crippen LogP contribution in [0.3, 0.4) is 0 Å². The number of nitrogens with zero attached hydrogens (tertiary/aromatic N) is 1. The van der Waals surface area contributed by atoms with Gasteiger partial charge in [0.25, 0.3) is 10.0 Å². The first kappa shape index (κ1) is 17.0. The number of carbonyl (C=O) groups excluding carboxylic acids is 1. The van der Waals surface area contributed by atoms with Gasteiger partial charge in [0, 0.05) is 15.6 Å². The summed E-state index contributed by atoms with van der Waals surface area (Å²) in [7, 11) is -3.94. The third kappa shape index (κ3) is 2.73. The molecule has 0 spiro atoms. The molecular weight excluding hydrogens is 375 g/mol. The molecule has 1 aliphatic rings. The maximum absolute atomic E-state index is 13.0. The normalized spacial score (nSPS) is 18.3. The van der Waals surface area contributed by atoms with E-state index in [0.717, 1.165) is 4.31 Å². The number of rotatable bonds is 3. The fourth-order valence-electron chi connectivity index (χ4n) is 2.79. The second-order valence-electron chi connectivity index (χ2n) is 5.19. The van der Waals surface area contributed by atoms with Crippen LogP contribution in [0.2, 0.25) is 10.0 Å². The van der Waals surface area contributed by atoms with Crippen molar-refractivity contribution >= 4 is 44.8 Å². The Morgan fingerprint density at radius 1 is 1.21 bits per heavy atom. The Kier molecular flexibility index (Phi) is 4.44. The van der Waals surface area contributed by atoms with Crippen molar-refractivity contribution in [2.24, 2.45) is 0 Å². The second kappa shape index (κ2) is 6.25. The van der Waals surface area contributed by atoms with Gasteiger partial charge in [0.1, 0.15) is 0 Å². The van der Waals surface area contributed by atoms with Crippen LogP contribution in [-0.2, 0) is 14.8 Å². The van der Waals surface area contributed by atoms with E-state index in [9.17, 15) is 13.2 Å². The van der Waals surface area contributed by atoms with Gasteiger partial charge in [0.2, 0.25) is 5.91 Å². The van der Waals surface area contributed by atoms with Crippen molar-refractivity contribution in [3.63, 3.8) is 0 Å². The van der Waals surface area contributed by atoms with Crippen molar-refractivity contribution in [3.8, 4) is 0 Å². The van der Waals surface area contributed by atoms with E-state index in [1.54, 1.807) is 30.3 Å². The molecule has 0 fully saturated rings. The summed E-state index contributed by atoms with van der Waals surface area (Å²) in [4.78, 5) is 11.6. The molecule has 0 aliphatic carbocycles. The molecule has 2 aromatic rings. The number of amides is 1. The van der Waals surface area contributed by atoms with Crippen LogP contribution in [0.5, 0.6) is 0 Å². The summed E-state index contributed by atoms with van der Waals surface area (Å²) < 4.78 is 27.1. The predicted octanol–water partition coefficient (Wildman–Crippen LogP) is 3.14. The van der Waals surface area contributed by atoms with E-state index < -0.39 is 22.0 Å². The molecule has 24 heavy (non-hydrogen) atoms. The molecule has 9 heteroatoms. The van der Waals surface area contributed by atoms with Gasteiger partial charge in [-0.05, 0) is 24.3 Å². The molecule has 2 aromatic carbocycles. The van der Waals surface area contributed by atoms with E-state index in [2.05, 4.69) is 0 Å². The van der Waals surface area contributed by atoms with Gasteiger partial charge in [0.05, 0.1) is 23.0 Å². The Labute approximate surface area is 148 Å². The zero-order chi connectivity index (χ0) is 17.5. The molecule has 1 amide bonds. The van der Waals surface area contributed by atoms with Crippen LogP contribution in [-0.4, -0.2) is 19.5 Å². The molecule has 1 aliphatic heterocycles. The number of hydrogen-bond acceptors (Lipinski definition) is 4. The largest absolute Gasteiger partial charge is 0.289 e. The van der Waals surface area contributed by atoms with Crippen LogP contribution in [0.1, 0.15) is 18.0 Å². The molecule has 1 heterocycles. The molecule has 0 saturated heterocycles. The average Bonchev–Trinajstić information content (AvgIpc) is 2.75. The summed E-state index contributed by atoms with van der Waals surface area (Å²) in [5, 5.41) is 9.15. The molecule has 0 bridgehead atoms. The average molecular weight is 387 g/mol. The Balaban J connectivity index is 2.24. The van der Waals surface area contributed by atoms with Crippen LogP contribution in [0.15, 0.2) is 47.4 Å². The van der Waals surface area contributed by atoms with Crippen LogP contribution in [0.25, 0.3) is 0 Å². The molecule has 0 radical (unpaired) electrons. The third-order valence-electron chi connectivity index (χ3n) is 3.72. The lowest BCUT2D eigenvalue weighted by atomic mass is 10.0. The number of hydroxylamine groups is 1. The quantitative estimate of drug-likeness (QED) is 0.626. The van der Waals surface area contributed by atoms with Gasteiger partial charge < -0.3 is 0 Å². The first-order valence-corrected chi connectivity index (χ1v) is 9.07. The third-order valence-corrected chi connectivity index (χ3v) is 6.13. The first-order chi connectivity index (χ1) is 11.4. The number of sulfonamides is 1. The summed E-state index contributed by atoms with van der Waals surface area (Å²) in [5.74, 6) is -0.727. The molecule has 1 atom stereocenters. The number of para-hydroxylation sites is 1. The van der Waals surface area contributed by atoms with Crippen molar-refractivity contribution in [1.82, 2.24) is 5.48 Å². The smallest absolute Gasteiger partial charge is 0.265 e. The van der Waals surface area contributed by atoms with E-state index in [1.165, 1.54) is 17.6 Å². The van der Waals surface area contributed by atoms with Crippen molar-refractivity contribution in [1.29, 1.82) is 0 Å². The van der Waals surface area contributed by atoms with E-state index in [1.807, 2.05) is 0 Å². The Bertz CT molecular complexity index is 903. The van der Waals surface area contributed by atoms with E-state index in [-0.39, 0.29) is 26.9 Å². The first-order valence-electron chi connectivity index (χ1n) is 6.87. The van der Waals surface area contributed by atoms with E-state index in [4.69, 9.17) is 28.4 Å². The lowest BCUT2D eigenvalue weighted by Gasteiger charge is -2.25. The number of carbonyl (C=O) groups is 1. The molecule has 3 rings (SSSR count). The topological polar surface area (TPSA) is 86.7 Å². The SMILES string of the molecule is O=C(CC1c2c(Cl)cc(Cl)cc2S(=O)(=O)N1c1ccccc1)NO. The minimum Gasteiger partial charge on any atom is -0.289 e. The fraction of sp³-hybridized carbons (Fsp3) is 0.133. The number of nitrogens with one attached hydrogen (secondary N) is 1. The Hall–Kier alpha value is -1.80. The minimum absolute atomic E-state index is 0.0420. The highest BCUT2D eigenvalue weighted by Crippen LogP contribution is 2.48. The molecule has 0 aromatic heterocycles. The van der Waals surface area contributed by atoms with Crippen molar-refractivity contribution in [3.05, 3.63) is 58.1 Å². The van der Waals surface area contributed by atoms with Gasteiger partial charge in [-0.2, -0.15) is 0 Å². The number of fused-ring (bicyclic) bond motifs is 1. The van der Waals surface area contributed by atoms with Gasteiger partial charge in [-0.15, -0.1) is 0 Å². The Morgan fingerprint density at radius 3 is 2.50 bits per heavy atom. The molecular formula is C15H12Cl2N2O4S. The number of hydrogen-bond donors (Lipinski definition) is 2.